The van der Waals surface area contributed by atoms with E-state index in [1.165, 1.54) is 11.0 Å². The molecule has 22 heavy (non-hydrogen) atoms. The molecule has 0 unspecified atom stereocenters. The first-order valence-electron chi connectivity index (χ1n) is 6.39. The molecule has 1 saturated heterocycles. The van der Waals surface area contributed by atoms with E-state index in [1.54, 1.807) is 0 Å². The summed E-state index contributed by atoms with van der Waals surface area (Å²) in [4.78, 5) is 25.8. The summed E-state index contributed by atoms with van der Waals surface area (Å²) in [6.45, 7) is -0.266. The minimum Gasteiger partial charge on any atom is -0.465 e. The van der Waals surface area contributed by atoms with Gasteiger partial charge in [0.05, 0.1) is 23.2 Å². The molecule has 1 heterocycles. The zero-order valence-electron chi connectivity index (χ0n) is 11.3. The molecule has 0 bridgehead atoms. The Hall–Kier alpha value is -1.38. The lowest BCUT2D eigenvalue weighted by molar-refractivity contribution is 0.0306. The van der Waals surface area contributed by atoms with E-state index in [1.807, 2.05) is 0 Å². The number of carbonyl (C=O) groups is 2. The number of halogens is 3. The lowest BCUT2D eigenvalue weighted by Gasteiger charge is -2.39. The van der Waals surface area contributed by atoms with Crippen LogP contribution in [-0.4, -0.2) is 64.3 Å². The van der Waals surface area contributed by atoms with E-state index >= 15 is 0 Å². The third-order valence-electron chi connectivity index (χ3n) is 3.47. The Labute approximate surface area is 139 Å². The second-order valence-electron chi connectivity index (χ2n) is 4.81. The van der Waals surface area contributed by atoms with Crippen molar-refractivity contribution in [2.45, 2.75) is 6.04 Å². The highest BCUT2D eigenvalue weighted by Crippen LogP contribution is 2.27. The van der Waals surface area contributed by atoms with Crippen molar-refractivity contribution >= 4 is 39.5 Å². The number of piperazine rings is 1. The molecule has 120 valence electrons. The van der Waals surface area contributed by atoms with E-state index < -0.39 is 30.5 Å². The van der Waals surface area contributed by atoms with Crippen molar-refractivity contribution < 1.29 is 24.2 Å². The van der Waals surface area contributed by atoms with Crippen LogP contribution >= 0.6 is 27.5 Å². The molecular formula is C13H13BrClFN2O4. The van der Waals surface area contributed by atoms with E-state index in [0.717, 1.165) is 11.0 Å². The van der Waals surface area contributed by atoms with Crippen molar-refractivity contribution in [2.75, 3.05) is 26.2 Å². The first kappa shape index (κ1) is 17.0. The number of nitrogens with zero attached hydrogens (tertiary/aromatic N) is 2. The topological polar surface area (TPSA) is 81.1 Å². The molecule has 1 fully saturated rings. The fourth-order valence-corrected chi connectivity index (χ4v) is 2.77. The summed E-state index contributed by atoms with van der Waals surface area (Å²) in [5, 5.41) is 18.5. The highest BCUT2D eigenvalue weighted by molar-refractivity contribution is 9.10. The van der Waals surface area contributed by atoms with Crippen LogP contribution in [0.2, 0.25) is 5.02 Å². The Kier molecular flexibility index (Phi) is 5.25. The summed E-state index contributed by atoms with van der Waals surface area (Å²) in [6.07, 6.45) is -1.12. The van der Waals surface area contributed by atoms with Gasteiger partial charge in [0, 0.05) is 24.1 Å². The van der Waals surface area contributed by atoms with Crippen molar-refractivity contribution in [1.82, 2.24) is 9.80 Å². The average molecular weight is 396 g/mol. The molecule has 0 aromatic heterocycles. The van der Waals surface area contributed by atoms with Crippen LogP contribution in [0.5, 0.6) is 0 Å². The first-order chi connectivity index (χ1) is 10.3. The molecule has 2 N–H and O–H groups in total. The second kappa shape index (κ2) is 6.80. The predicted octanol–water partition coefficient (Wildman–Crippen LogP) is 2.04. The fourth-order valence-electron chi connectivity index (χ4n) is 2.29. The molecule has 9 heteroatoms. The zero-order chi connectivity index (χ0) is 16.4. The molecule has 2 amide bonds. The summed E-state index contributed by atoms with van der Waals surface area (Å²) >= 11 is 8.95. The maximum absolute atomic E-state index is 14.0. The highest BCUT2D eigenvalue weighted by Gasteiger charge is 2.33. The maximum Gasteiger partial charge on any atom is 0.407 e. The summed E-state index contributed by atoms with van der Waals surface area (Å²) in [5.41, 5.74) is -0.213. The number of carboxylic acid groups (broad SMARTS) is 1. The molecule has 0 spiro atoms. The maximum atomic E-state index is 14.0. The Morgan fingerprint density at radius 3 is 2.68 bits per heavy atom. The van der Waals surface area contributed by atoms with Crippen LogP contribution in [0.15, 0.2) is 16.6 Å². The van der Waals surface area contributed by atoms with Crippen LogP contribution in [0.25, 0.3) is 0 Å². The number of benzene rings is 1. The normalized spacial score (nSPS) is 18.5. The smallest absolute Gasteiger partial charge is 0.407 e. The van der Waals surface area contributed by atoms with Crippen molar-refractivity contribution in [3.05, 3.63) is 33.0 Å². The molecule has 0 radical (unpaired) electrons. The summed E-state index contributed by atoms with van der Waals surface area (Å²) in [7, 11) is 0. The van der Waals surface area contributed by atoms with E-state index in [9.17, 15) is 19.1 Å². The molecule has 6 nitrogen and oxygen atoms in total. The van der Waals surface area contributed by atoms with E-state index in [2.05, 4.69) is 15.9 Å². The zero-order valence-corrected chi connectivity index (χ0v) is 13.6. The Bertz CT molecular complexity index is 616. The van der Waals surface area contributed by atoms with Crippen LogP contribution in [0.1, 0.15) is 10.4 Å². The minimum atomic E-state index is -1.12. The number of amides is 2. The summed E-state index contributed by atoms with van der Waals surface area (Å²) in [5.74, 6) is -1.37. The van der Waals surface area contributed by atoms with Crippen LogP contribution < -0.4 is 0 Å². The number of hydrogen-bond donors (Lipinski definition) is 2. The van der Waals surface area contributed by atoms with Crippen LogP contribution in [0.4, 0.5) is 9.18 Å². The van der Waals surface area contributed by atoms with Gasteiger partial charge in [-0.05, 0) is 28.1 Å². The van der Waals surface area contributed by atoms with Gasteiger partial charge < -0.3 is 20.0 Å². The third kappa shape index (κ3) is 3.34. The Balaban J connectivity index is 2.25. The molecule has 1 atom stereocenters. The lowest BCUT2D eigenvalue weighted by Crippen LogP contribution is -2.57. The van der Waals surface area contributed by atoms with E-state index in [-0.39, 0.29) is 30.2 Å². The minimum absolute atomic E-state index is 0.0244. The summed E-state index contributed by atoms with van der Waals surface area (Å²) in [6, 6.07) is 1.58. The van der Waals surface area contributed by atoms with Gasteiger partial charge in [-0.1, -0.05) is 11.6 Å². The molecule has 0 saturated carbocycles. The molecule has 1 aliphatic rings. The van der Waals surface area contributed by atoms with Gasteiger partial charge in [-0.25, -0.2) is 9.18 Å². The Morgan fingerprint density at radius 2 is 2.09 bits per heavy atom. The number of aliphatic hydroxyl groups excluding tert-OH is 1. The summed E-state index contributed by atoms with van der Waals surface area (Å²) < 4.78 is 14.3. The van der Waals surface area contributed by atoms with Crippen LogP contribution in [0, 0.1) is 5.82 Å². The van der Waals surface area contributed by atoms with Crippen molar-refractivity contribution in [3.8, 4) is 0 Å². The van der Waals surface area contributed by atoms with Gasteiger partial charge in [0.25, 0.3) is 5.91 Å². The molecule has 1 aromatic carbocycles. The van der Waals surface area contributed by atoms with Gasteiger partial charge in [-0.3, -0.25) is 4.79 Å². The SMILES string of the molecule is O=C(O)N1CCN(C(=O)c2cc(Cl)c(Br)cc2F)[C@@H](CO)C1. The van der Waals surface area contributed by atoms with Gasteiger partial charge in [0.2, 0.25) is 0 Å². The van der Waals surface area contributed by atoms with Gasteiger partial charge in [-0.2, -0.15) is 0 Å². The predicted molar refractivity (Wildman–Crippen MR) is 80.6 cm³/mol. The second-order valence-corrected chi connectivity index (χ2v) is 6.07. The average Bonchev–Trinajstić information content (AvgIpc) is 2.49. The number of carbonyl (C=O) groups excluding carboxylic acids is 1. The van der Waals surface area contributed by atoms with E-state index in [4.69, 9.17) is 16.7 Å². The molecule has 1 aliphatic heterocycles. The Morgan fingerprint density at radius 1 is 1.41 bits per heavy atom. The van der Waals surface area contributed by atoms with Crippen molar-refractivity contribution in [3.63, 3.8) is 0 Å². The fraction of sp³-hybridized carbons (Fsp3) is 0.385. The highest BCUT2D eigenvalue weighted by atomic mass is 79.9. The van der Waals surface area contributed by atoms with Crippen LogP contribution in [-0.2, 0) is 0 Å². The lowest BCUT2D eigenvalue weighted by atomic mass is 10.1. The standard InChI is InChI=1S/C13H13BrClFN2O4/c14-9-4-11(16)8(3-10(9)15)12(20)18-2-1-17(13(21)22)5-7(18)6-19/h3-4,7,19H,1-2,5-6H2,(H,21,22)/t7-/m1/s1. The quantitative estimate of drug-likeness (QED) is 0.751. The molecule has 2 rings (SSSR count). The van der Waals surface area contributed by atoms with Gasteiger partial charge in [0.15, 0.2) is 0 Å². The van der Waals surface area contributed by atoms with Crippen LogP contribution in [0.3, 0.4) is 0 Å². The molecular weight excluding hydrogens is 383 g/mol. The number of aliphatic hydroxyl groups is 1. The monoisotopic (exact) mass is 394 g/mol. The van der Waals surface area contributed by atoms with Crippen molar-refractivity contribution in [2.24, 2.45) is 0 Å². The number of hydrogen-bond acceptors (Lipinski definition) is 3. The first-order valence-corrected chi connectivity index (χ1v) is 7.56. The largest absolute Gasteiger partial charge is 0.465 e. The molecule has 1 aromatic rings. The van der Waals surface area contributed by atoms with Crippen molar-refractivity contribution in [1.29, 1.82) is 0 Å². The van der Waals surface area contributed by atoms with Gasteiger partial charge >= 0.3 is 6.09 Å². The van der Waals surface area contributed by atoms with Gasteiger partial charge in [-0.15, -0.1) is 0 Å². The number of rotatable bonds is 2. The van der Waals surface area contributed by atoms with Gasteiger partial charge in [0.1, 0.15) is 5.82 Å². The molecule has 0 aliphatic carbocycles. The van der Waals surface area contributed by atoms with E-state index in [0.29, 0.717) is 4.47 Å². The third-order valence-corrected chi connectivity index (χ3v) is 4.66.